The van der Waals surface area contributed by atoms with Gasteiger partial charge in [0.1, 0.15) is 5.75 Å². The predicted molar refractivity (Wildman–Crippen MR) is 75.2 cm³/mol. The summed E-state index contributed by atoms with van der Waals surface area (Å²) in [4.78, 5) is 12.9. The van der Waals surface area contributed by atoms with Crippen LogP contribution in [0.1, 0.15) is 45.7 Å². The molecule has 0 radical (unpaired) electrons. The minimum atomic E-state index is -0.794. The Labute approximate surface area is 114 Å². The molecule has 0 bridgehead atoms. The number of carboxylic acids is 1. The van der Waals surface area contributed by atoms with E-state index in [1.807, 2.05) is 13.0 Å². The van der Waals surface area contributed by atoms with Gasteiger partial charge < -0.3 is 10.2 Å². The van der Waals surface area contributed by atoms with Crippen LogP contribution in [0, 0.1) is 0 Å². The average molecular weight is 265 g/mol. The summed E-state index contributed by atoms with van der Waals surface area (Å²) in [6, 6.07) is 7.16. The molecular weight excluding hydrogens is 242 g/mol. The number of nitrogens with zero attached hydrogens (tertiary/aromatic N) is 1. The molecule has 0 aliphatic rings. The molecule has 0 heterocycles. The molecule has 4 nitrogen and oxygen atoms in total. The summed E-state index contributed by atoms with van der Waals surface area (Å²) >= 11 is 0. The summed E-state index contributed by atoms with van der Waals surface area (Å²) in [5.41, 5.74) is 0.848. The van der Waals surface area contributed by atoms with Gasteiger partial charge in [0.2, 0.25) is 0 Å². The average Bonchev–Trinajstić information content (AvgIpc) is 2.26. The summed E-state index contributed by atoms with van der Waals surface area (Å²) < 4.78 is 0. The number of carbonyl (C=O) groups is 1. The van der Waals surface area contributed by atoms with E-state index in [9.17, 15) is 9.90 Å². The maximum absolute atomic E-state index is 10.8. The summed E-state index contributed by atoms with van der Waals surface area (Å²) in [7, 11) is 0. The van der Waals surface area contributed by atoms with Crippen LogP contribution in [0.2, 0.25) is 0 Å². The van der Waals surface area contributed by atoms with E-state index in [-0.39, 0.29) is 23.8 Å². The van der Waals surface area contributed by atoms with E-state index in [2.05, 4.69) is 25.7 Å². The maximum atomic E-state index is 10.8. The van der Waals surface area contributed by atoms with E-state index in [0.717, 1.165) is 5.56 Å². The van der Waals surface area contributed by atoms with E-state index in [0.29, 0.717) is 6.54 Å². The molecule has 1 aromatic rings. The van der Waals surface area contributed by atoms with Crippen molar-refractivity contribution in [3.05, 3.63) is 29.8 Å². The van der Waals surface area contributed by atoms with Crippen LogP contribution in [0.5, 0.6) is 5.75 Å². The van der Waals surface area contributed by atoms with Crippen molar-refractivity contribution < 1.29 is 15.0 Å². The summed E-state index contributed by atoms with van der Waals surface area (Å²) in [5, 5.41) is 18.4. The highest BCUT2D eigenvalue weighted by Crippen LogP contribution is 2.29. The van der Waals surface area contributed by atoms with Crippen molar-refractivity contribution in [3.8, 4) is 5.75 Å². The Morgan fingerprint density at radius 3 is 2.47 bits per heavy atom. The predicted octanol–water partition coefficient (Wildman–Crippen LogP) is 3.03. The molecule has 19 heavy (non-hydrogen) atoms. The molecule has 4 heteroatoms. The highest BCUT2D eigenvalue weighted by Gasteiger charge is 2.27. The molecule has 0 aromatic heterocycles. The van der Waals surface area contributed by atoms with Crippen LogP contribution in [0.3, 0.4) is 0 Å². The number of aromatic hydroxyl groups is 1. The van der Waals surface area contributed by atoms with Crippen molar-refractivity contribution in [1.29, 1.82) is 0 Å². The van der Waals surface area contributed by atoms with E-state index in [1.165, 1.54) is 0 Å². The van der Waals surface area contributed by atoms with Crippen molar-refractivity contribution in [2.75, 3.05) is 6.54 Å². The second-order valence-electron chi connectivity index (χ2n) is 5.78. The van der Waals surface area contributed by atoms with E-state index >= 15 is 0 Å². The van der Waals surface area contributed by atoms with Crippen LogP contribution >= 0.6 is 0 Å². The number of hydrogen-bond acceptors (Lipinski definition) is 3. The maximum Gasteiger partial charge on any atom is 0.304 e. The van der Waals surface area contributed by atoms with Crippen molar-refractivity contribution in [1.82, 2.24) is 4.90 Å². The third-order valence-corrected chi connectivity index (χ3v) is 3.25. The quantitative estimate of drug-likeness (QED) is 0.859. The Bertz CT molecular complexity index is 437. The lowest BCUT2D eigenvalue weighted by molar-refractivity contribution is -0.137. The van der Waals surface area contributed by atoms with Crippen molar-refractivity contribution >= 4 is 5.97 Å². The Morgan fingerprint density at radius 2 is 2.00 bits per heavy atom. The van der Waals surface area contributed by atoms with Crippen molar-refractivity contribution in [2.24, 2.45) is 0 Å². The molecule has 0 saturated carbocycles. The van der Waals surface area contributed by atoms with Gasteiger partial charge in [-0.3, -0.25) is 9.69 Å². The first-order valence-corrected chi connectivity index (χ1v) is 6.49. The third-order valence-electron chi connectivity index (χ3n) is 3.25. The van der Waals surface area contributed by atoms with Crippen LogP contribution in [0.4, 0.5) is 0 Å². The highest BCUT2D eigenvalue weighted by molar-refractivity contribution is 5.66. The van der Waals surface area contributed by atoms with E-state index < -0.39 is 5.97 Å². The zero-order chi connectivity index (χ0) is 14.6. The Kier molecular flexibility index (Phi) is 4.95. The van der Waals surface area contributed by atoms with E-state index in [1.54, 1.807) is 18.2 Å². The van der Waals surface area contributed by atoms with Crippen LogP contribution < -0.4 is 0 Å². The second kappa shape index (κ2) is 6.06. The third kappa shape index (κ3) is 4.56. The lowest BCUT2D eigenvalue weighted by Crippen LogP contribution is -2.44. The minimum Gasteiger partial charge on any atom is -0.508 e. The monoisotopic (exact) mass is 265 g/mol. The van der Waals surface area contributed by atoms with Crippen molar-refractivity contribution in [3.63, 3.8) is 0 Å². The lowest BCUT2D eigenvalue weighted by atomic mass is 9.98. The summed E-state index contributed by atoms with van der Waals surface area (Å²) in [6.07, 6.45) is 0.112. The second-order valence-corrected chi connectivity index (χ2v) is 5.78. The van der Waals surface area contributed by atoms with Gasteiger partial charge in [0.15, 0.2) is 0 Å². The van der Waals surface area contributed by atoms with Gasteiger partial charge in [0.05, 0.1) is 6.42 Å². The number of rotatable bonds is 5. The molecule has 0 spiro atoms. The first-order valence-electron chi connectivity index (χ1n) is 6.49. The molecule has 0 aliphatic carbocycles. The zero-order valence-corrected chi connectivity index (χ0v) is 12.1. The topological polar surface area (TPSA) is 60.8 Å². The fourth-order valence-corrected chi connectivity index (χ4v) is 2.29. The number of benzene rings is 1. The van der Waals surface area contributed by atoms with Gasteiger partial charge in [-0.05, 0) is 45.4 Å². The van der Waals surface area contributed by atoms with Crippen LogP contribution in [0.25, 0.3) is 0 Å². The first kappa shape index (κ1) is 15.5. The number of phenols is 1. The number of phenolic OH excluding ortho intramolecular Hbond substituents is 1. The fraction of sp³-hybridized carbons (Fsp3) is 0.533. The Balaban J connectivity index is 2.94. The molecule has 2 N–H and O–H groups in total. The molecule has 0 fully saturated rings. The summed E-state index contributed by atoms with van der Waals surface area (Å²) in [6.45, 7) is 8.70. The van der Waals surface area contributed by atoms with Gasteiger partial charge >= 0.3 is 5.97 Å². The highest BCUT2D eigenvalue weighted by atomic mass is 16.4. The molecule has 1 rings (SSSR count). The molecule has 1 aromatic carbocycles. The van der Waals surface area contributed by atoms with Crippen molar-refractivity contribution in [2.45, 2.75) is 45.7 Å². The Hall–Kier alpha value is -1.55. The van der Waals surface area contributed by atoms with Gasteiger partial charge in [-0.2, -0.15) is 0 Å². The van der Waals surface area contributed by atoms with Crippen LogP contribution in [0.15, 0.2) is 24.3 Å². The Morgan fingerprint density at radius 1 is 1.37 bits per heavy atom. The van der Waals surface area contributed by atoms with Gasteiger partial charge in [0.25, 0.3) is 0 Å². The standard InChI is InChI=1S/C15H23NO3/c1-11(12-6-5-7-13(17)10-12)16(15(2,3)4)9-8-14(18)19/h5-7,10-11,17H,8-9H2,1-4H3,(H,18,19). The zero-order valence-electron chi connectivity index (χ0n) is 12.1. The molecular formula is C15H23NO3. The number of carboxylic acid groups (broad SMARTS) is 1. The largest absolute Gasteiger partial charge is 0.508 e. The molecule has 1 atom stereocenters. The molecule has 0 aliphatic heterocycles. The van der Waals surface area contributed by atoms with Gasteiger partial charge in [-0.15, -0.1) is 0 Å². The van der Waals surface area contributed by atoms with Gasteiger partial charge in [0, 0.05) is 18.1 Å². The number of hydrogen-bond donors (Lipinski definition) is 2. The minimum absolute atomic E-state index is 0.0476. The SMILES string of the molecule is CC(c1cccc(O)c1)N(CCC(=O)O)C(C)(C)C. The van der Waals surface area contributed by atoms with E-state index in [4.69, 9.17) is 5.11 Å². The fourth-order valence-electron chi connectivity index (χ4n) is 2.29. The van der Waals surface area contributed by atoms with Crippen LogP contribution in [-0.2, 0) is 4.79 Å². The van der Waals surface area contributed by atoms with Gasteiger partial charge in [-0.25, -0.2) is 0 Å². The molecule has 0 saturated heterocycles. The molecule has 106 valence electrons. The molecule has 1 unspecified atom stereocenters. The first-order chi connectivity index (χ1) is 8.71. The number of aliphatic carboxylic acids is 1. The summed E-state index contributed by atoms with van der Waals surface area (Å²) in [5.74, 6) is -0.561. The normalized spacial score (nSPS) is 13.5. The van der Waals surface area contributed by atoms with Crippen LogP contribution in [-0.4, -0.2) is 33.2 Å². The lowest BCUT2D eigenvalue weighted by Gasteiger charge is -2.40. The van der Waals surface area contributed by atoms with Gasteiger partial charge in [-0.1, -0.05) is 12.1 Å². The molecule has 0 amide bonds. The smallest absolute Gasteiger partial charge is 0.304 e.